The predicted molar refractivity (Wildman–Crippen MR) is 95.6 cm³/mol. The molecule has 2 amide bonds. The Hall–Kier alpha value is -1.54. The minimum Gasteiger partial charge on any atom is -0.365 e. The molecule has 144 valence electrons. The van der Waals surface area contributed by atoms with Crippen LogP contribution >= 0.6 is 11.3 Å². The van der Waals surface area contributed by atoms with Gasteiger partial charge in [0.1, 0.15) is 5.00 Å². The molecular formula is C18H24F2N2O3S. The van der Waals surface area contributed by atoms with Gasteiger partial charge in [-0.1, -0.05) is 6.92 Å². The normalized spacial score (nSPS) is 24.3. The highest BCUT2D eigenvalue weighted by atomic mass is 32.1. The van der Waals surface area contributed by atoms with Gasteiger partial charge in [-0.15, -0.1) is 11.3 Å². The van der Waals surface area contributed by atoms with Crippen LogP contribution in [0.1, 0.15) is 68.3 Å². The van der Waals surface area contributed by atoms with Crippen LogP contribution in [0.25, 0.3) is 0 Å². The summed E-state index contributed by atoms with van der Waals surface area (Å²) in [4.78, 5) is 25.5. The molecule has 2 heterocycles. The molecule has 1 aromatic heterocycles. The Morgan fingerprint density at radius 2 is 1.73 bits per heavy atom. The van der Waals surface area contributed by atoms with Crippen LogP contribution in [0.4, 0.5) is 13.8 Å². The summed E-state index contributed by atoms with van der Waals surface area (Å²) in [5.74, 6) is -3.97. The summed E-state index contributed by atoms with van der Waals surface area (Å²) < 4.78 is 32.6. The number of ether oxygens (including phenoxy) is 1. The first-order valence-corrected chi connectivity index (χ1v) is 9.33. The summed E-state index contributed by atoms with van der Waals surface area (Å²) in [6.07, 6.45) is -0.513. The van der Waals surface area contributed by atoms with Crippen molar-refractivity contribution in [1.82, 2.24) is 0 Å². The van der Waals surface area contributed by atoms with Gasteiger partial charge in [0.2, 0.25) is 11.8 Å². The number of anilines is 1. The van der Waals surface area contributed by atoms with E-state index >= 15 is 0 Å². The standard InChI is InChI=1S/C18H24F2N2O3S/c1-15(2)6-9-10(12(21)23)13(26-11(9)16(3,4)25-15)22-14(24)17(5)7-18(19,20)8-17/h6-8H2,1-5H3,(H2,21,23)(H,22,24). The number of alkyl halides is 2. The minimum absolute atomic E-state index is 0.262. The van der Waals surface area contributed by atoms with Crippen molar-refractivity contribution >= 4 is 28.2 Å². The lowest BCUT2D eigenvalue weighted by Gasteiger charge is -2.43. The van der Waals surface area contributed by atoms with E-state index in [0.717, 1.165) is 10.4 Å². The number of fused-ring (bicyclic) bond motifs is 1. The van der Waals surface area contributed by atoms with Gasteiger partial charge in [0.15, 0.2) is 0 Å². The maximum atomic E-state index is 13.2. The molecule has 1 aromatic rings. The van der Waals surface area contributed by atoms with Gasteiger partial charge in [-0.3, -0.25) is 9.59 Å². The summed E-state index contributed by atoms with van der Waals surface area (Å²) in [7, 11) is 0. The third-order valence-corrected chi connectivity index (χ3v) is 6.46. The van der Waals surface area contributed by atoms with Crippen LogP contribution < -0.4 is 11.1 Å². The van der Waals surface area contributed by atoms with Crippen LogP contribution in [-0.2, 0) is 21.6 Å². The molecule has 8 heteroatoms. The molecule has 26 heavy (non-hydrogen) atoms. The lowest BCUT2D eigenvalue weighted by Crippen LogP contribution is -2.51. The zero-order chi connectivity index (χ0) is 19.7. The van der Waals surface area contributed by atoms with Gasteiger partial charge in [0.05, 0.1) is 22.2 Å². The van der Waals surface area contributed by atoms with Crippen molar-refractivity contribution in [2.45, 2.75) is 71.0 Å². The first kappa shape index (κ1) is 19.2. The van der Waals surface area contributed by atoms with Crippen molar-refractivity contribution in [3.05, 3.63) is 16.0 Å². The second-order valence-corrected chi connectivity index (χ2v) is 9.77. The van der Waals surface area contributed by atoms with Crippen LogP contribution in [0.15, 0.2) is 0 Å². The molecule has 0 aromatic carbocycles. The number of thiophene rings is 1. The summed E-state index contributed by atoms with van der Waals surface area (Å²) >= 11 is 1.23. The Bertz CT molecular complexity index is 791. The van der Waals surface area contributed by atoms with E-state index in [2.05, 4.69) is 5.32 Å². The van der Waals surface area contributed by atoms with E-state index in [1.54, 1.807) is 0 Å². The Balaban J connectivity index is 1.98. The average molecular weight is 386 g/mol. The number of hydrogen-bond acceptors (Lipinski definition) is 4. The fourth-order valence-corrected chi connectivity index (χ4v) is 5.43. The topological polar surface area (TPSA) is 81.4 Å². The zero-order valence-corrected chi connectivity index (χ0v) is 16.4. The number of primary amides is 1. The number of carbonyl (C=O) groups is 2. The van der Waals surface area contributed by atoms with Crippen molar-refractivity contribution in [2.75, 3.05) is 5.32 Å². The number of carbonyl (C=O) groups excluding carboxylic acids is 2. The second kappa shape index (κ2) is 5.48. The molecular weight excluding hydrogens is 362 g/mol. The van der Waals surface area contributed by atoms with E-state index in [0.29, 0.717) is 11.4 Å². The number of nitrogens with one attached hydrogen (secondary N) is 1. The van der Waals surface area contributed by atoms with Gasteiger partial charge in [0.25, 0.3) is 5.91 Å². The molecule has 0 radical (unpaired) electrons. The van der Waals surface area contributed by atoms with Gasteiger partial charge in [-0.2, -0.15) is 0 Å². The Morgan fingerprint density at radius 1 is 1.15 bits per heavy atom. The third kappa shape index (κ3) is 3.13. The molecule has 0 saturated heterocycles. The Morgan fingerprint density at radius 3 is 2.23 bits per heavy atom. The summed E-state index contributed by atoms with van der Waals surface area (Å²) in [6, 6.07) is 0. The fourth-order valence-electron chi connectivity index (χ4n) is 4.17. The first-order chi connectivity index (χ1) is 11.7. The van der Waals surface area contributed by atoms with E-state index in [-0.39, 0.29) is 5.56 Å². The fraction of sp³-hybridized carbons (Fsp3) is 0.667. The van der Waals surface area contributed by atoms with E-state index in [1.807, 2.05) is 27.7 Å². The van der Waals surface area contributed by atoms with Crippen molar-refractivity contribution in [1.29, 1.82) is 0 Å². The highest BCUT2D eigenvalue weighted by molar-refractivity contribution is 7.17. The molecule has 5 nitrogen and oxygen atoms in total. The van der Waals surface area contributed by atoms with Gasteiger partial charge in [-0.25, -0.2) is 8.78 Å². The number of halogens is 2. The summed E-state index contributed by atoms with van der Waals surface area (Å²) in [6.45, 7) is 9.15. The molecule has 0 unspecified atom stereocenters. The smallest absolute Gasteiger partial charge is 0.251 e. The number of nitrogens with two attached hydrogens (primary N) is 1. The van der Waals surface area contributed by atoms with Gasteiger partial charge in [0, 0.05) is 24.1 Å². The van der Waals surface area contributed by atoms with Gasteiger partial charge >= 0.3 is 0 Å². The number of rotatable bonds is 3. The molecule has 3 rings (SSSR count). The molecule has 0 bridgehead atoms. The minimum atomic E-state index is -2.81. The molecule has 1 aliphatic heterocycles. The Labute approximate surface area is 155 Å². The molecule has 2 aliphatic rings. The van der Waals surface area contributed by atoms with Crippen molar-refractivity contribution in [3.63, 3.8) is 0 Å². The first-order valence-electron chi connectivity index (χ1n) is 8.51. The molecule has 0 spiro atoms. The maximum Gasteiger partial charge on any atom is 0.251 e. The molecule has 1 aliphatic carbocycles. The molecule has 1 saturated carbocycles. The van der Waals surface area contributed by atoms with Crippen LogP contribution in [0.5, 0.6) is 0 Å². The summed E-state index contributed by atoms with van der Waals surface area (Å²) in [5.41, 5.74) is 4.33. The number of hydrogen-bond donors (Lipinski definition) is 2. The van der Waals surface area contributed by atoms with Crippen LogP contribution in [0.2, 0.25) is 0 Å². The van der Waals surface area contributed by atoms with Crippen LogP contribution in [0, 0.1) is 5.41 Å². The Kier molecular flexibility index (Phi) is 4.05. The largest absolute Gasteiger partial charge is 0.365 e. The van der Waals surface area contributed by atoms with Crippen LogP contribution in [-0.4, -0.2) is 23.3 Å². The molecule has 1 fully saturated rings. The summed E-state index contributed by atoms with van der Waals surface area (Å²) in [5, 5.41) is 3.00. The van der Waals surface area contributed by atoms with Crippen molar-refractivity contribution in [2.24, 2.45) is 11.1 Å². The lowest BCUT2D eigenvalue weighted by atomic mass is 9.67. The molecule has 0 atom stereocenters. The maximum absolute atomic E-state index is 13.2. The van der Waals surface area contributed by atoms with E-state index in [1.165, 1.54) is 18.3 Å². The highest BCUT2D eigenvalue weighted by Gasteiger charge is 2.58. The SMILES string of the molecule is CC1(C)Cc2c(sc(NC(=O)C3(C)CC(F)(F)C3)c2C(N)=O)C(C)(C)O1. The highest BCUT2D eigenvalue weighted by Crippen LogP contribution is 2.53. The molecule has 3 N–H and O–H groups in total. The monoisotopic (exact) mass is 386 g/mol. The lowest BCUT2D eigenvalue weighted by molar-refractivity contribution is -0.169. The average Bonchev–Trinajstić information content (AvgIpc) is 2.72. The zero-order valence-electron chi connectivity index (χ0n) is 15.6. The van der Waals surface area contributed by atoms with E-state index in [9.17, 15) is 18.4 Å². The van der Waals surface area contributed by atoms with E-state index < -0.39 is 47.2 Å². The van der Waals surface area contributed by atoms with Crippen molar-refractivity contribution < 1.29 is 23.1 Å². The van der Waals surface area contributed by atoms with E-state index in [4.69, 9.17) is 10.5 Å². The van der Waals surface area contributed by atoms with Crippen molar-refractivity contribution in [3.8, 4) is 0 Å². The third-order valence-electron chi connectivity index (χ3n) is 5.01. The van der Waals surface area contributed by atoms with Gasteiger partial charge in [-0.05, 0) is 33.3 Å². The quantitative estimate of drug-likeness (QED) is 0.829. The van der Waals surface area contributed by atoms with Crippen LogP contribution in [0.3, 0.4) is 0 Å². The predicted octanol–water partition coefficient (Wildman–Crippen LogP) is 3.81. The second-order valence-electron chi connectivity index (χ2n) is 8.75. The van der Waals surface area contributed by atoms with Gasteiger partial charge < -0.3 is 15.8 Å². The number of amides is 2.